The zero-order valence-corrected chi connectivity index (χ0v) is 10.3. The third-order valence-corrected chi connectivity index (χ3v) is 4.54. The number of aromatic nitrogens is 3. The molecule has 1 aliphatic heterocycles. The molecule has 0 aromatic carbocycles. The van der Waals surface area contributed by atoms with Crippen molar-refractivity contribution in [3.05, 3.63) is 4.60 Å². The Morgan fingerprint density at radius 1 is 1.53 bits per heavy atom. The fraction of sp³-hybridized carbons (Fsp3) is 0.667. The molecule has 7 nitrogen and oxygen atoms in total. The highest BCUT2D eigenvalue weighted by molar-refractivity contribution is 9.10. The number of halogens is 1. The van der Waals surface area contributed by atoms with Crippen molar-refractivity contribution in [2.24, 2.45) is 7.05 Å². The van der Waals surface area contributed by atoms with Crippen LogP contribution in [0.25, 0.3) is 0 Å². The van der Waals surface area contributed by atoms with Crippen molar-refractivity contribution in [1.29, 1.82) is 0 Å². The van der Waals surface area contributed by atoms with Crippen molar-refractivity contribution >= 4 is 26.0 Å². The first-order valence-electron chi connectivity index (χ1n) is 4.24. The predicted octanol–water partition coefficient (Wildman–Crippen LogP) is -0.0964. The summed E-state index contributed by atoms with van der Waals surface area (Å²) in [6.07, 6.45) is 0.697. The van der Waals surface area contributed by atoms with Crippen molar-refractivity contribution in [2.75, 3.05) is 13.2 Å². The molecule has 9 heteroatoms. The van der Waals surface area contributed by atoms with Crippen molar-refractivity contribution < 1.29 is 13.3 Å². The molecule has 84 valence electrons. The Morgan fingerprint density at radius 2 is 2.27 bits per heavy atom. The third-order valence-electron chi connectivity index (χ3n) is 1.97. The van der Waals surface area contributed by atoms with Crippen LogP contribution in [0.5, 0.6) is 0 Å². The first-order valence-corrected chi connectivity index (χ1v) is 6.47. The molecule has 0 amide bonds. The van der Waals surface area contributed by atoms with Crippen LogP contribution >= 0.6 is 15.9 Å². The lowest BCUT2D eigenvalue weighted by Gasteiger charge is -2.13. The lowest BCUT2D eigenvalue weighted by Crippen LogP contribution is -2.28. The van der Waals surface area contributed by atoms with Crippen LogP contribution in [0.4, 0.5) is 0 Å². The number of hydroxylamine groups is 1. The Bertz CT molecular complexity index is 445. The van der Waals surface area contributed by atoms with E-state index >= 15 is 0 Å². The van der Waals surface area contributed by atoms with E-state index in [1.165, 1.54) is 11.7 Å². The minimum atomic E-state index is -3.65. The topological polar surface area (TPSA) is 77.3 Å². The Morgan fingerprint density at radius 3 is 2.73 bits per heavy atom. The lowest BCUT2D eigenvalue weighted by atomic mass is 10.5. The monoisotopic (exact) mass is 296 g/mol. The molecule has 1 aromatic heterocycles. The van der Waals surface area contributed by atoms with E-state index in [-0.39, 0.29) is 9.63 Å². The van der Waals surface area contributed by atoms with Crippen LogP contribution < -0.4 is 0 Å². The average molecular weight is 297 g/mol. The van der Waals surface area contributed by atoms with E-state index in [9.17, 15) is 8.42 Å². The molecule has 1 saturated heterocycles. The van der Waals surface area contributed by atoms with Crippen LogP contribution in [0.3, 0.4) is 0 Å². The van der Waals surface area contributed by atoms with Crippen LogP contribution in [0.1, 0.15) is 6.42 Å². The Balaban J connectivity index is 2.45. The maximum absolute atomic E-state index is 12.0. The summed E-state index contributed by atoms with van der Waals surface area (Å²) in [7, 11) is -2.14. The molecule has 0 aliphatic carbocycles. The molecule has 1 aliphatic rings. The van der Waals surface area contributed by atoms with Crippen molar-refractivity contribution in [3.8, 4) is 0 Å². The lowest BCUT2D eigenvalue weighted by molar-refractivity contribution is -0.0289. The maximum Gasteiger partial charge on any atom is 0.284 e. The fourth-order valence-electron chi connectivity index (χ4n) is 1.31. The summed E-state index contributed by atoms with van der Waals surface area (Å²) in [5.74, 6) is 0. The number of sulfonamides is 1. The fourth-order valence-corrected chi connectivity index (χ4v) is 3.65. The zero-order chi connectivity index (χ0) is 11.1. The molecule has 0 spiro atoms. The van der Waals surface area contributed by atoms with Gasteiger partial charge in [0.2, 0.25) is 5.03 Å². The highest BCUT2D eigenvalue weighted by Gasteiger charge is 2.33. The summed E-state index contributed by atoms with van der Waals surface area (Å²) in [6.45, 7) is 0.780. The number of rotatable bonds is 2. The molecule has 0 atom stereocenters. The highest BCUT2D eigenvalue weighted by Crippen LogP contribution is 2.24. The van der Waals surface area contributed by atoms with Gasteiger partial charge in [0.05, 0.1) is 6.61 Å². The van der Waals surface area contributed by atoms with Crippen LogP contribution in [-0.2, 0) is 21.9 Å². The van der Waals surface area contributed by atoms with E-state index < -0.39 is 10.0 Å². The first kappa shape index (κ1) is 11.0. The zero-order valence-electron chi connectivity index (χ0n) is 7.92. The summed E-state index contributed by atoms with van der Waals surface area (Å²) in [4.78, 5) is 5.01. The van der Waals surface area contributed by atoms with Crippen molar-refractivity contribution in [1.82, 2.24) is 19.5 Å². The number of hydrogen-bond acceptors (Lipinski definition) is 5. The summed E-state index contributed by atoms with van der Waals surface area (Å²) in [6, 6.07) is 0. The van der Waals surface area contributed by atoms with Crippen molar-refractivity contribution in [2.45, 2.75) is 11.4 Å². The molecule has 2 rings (SSSR count). The SMILES string of the molecule is Cn1nnc(Br)c1S(=O)(=O)N1CCCO1. The van der Waals surface area contributed by atoms with E-state index in [0.717, 1.165) is 4.47 Å². The average Bonchev–Trinajstić information content (AvgIpc) is 2.75. The van der Waals surface area contributed by atoms with Gasteiger partial charge in [0.15, 0.2) is 4.60 Å². The van der Waals surface area contributed by atoms with E-state index in [1.807, 2.05) is 0 Å². The molecule has 1 fully saturated rings. The van der Waals surface area contributed by atoms with Gasteiger partial charge >= 0.3 is 0 Å². The van der Waals surface area contributed by atoms with Gasteiger partial charge in [-0.1, -0.05) is 9.68 Å². The Hall–Kier alpha value is -0.510. The van der Waals surface area contributed by atoms with Crippen molar-refractivity contribution in [3.63, 3.8) is 0 Å². The van der Waals surface area contributed by atoms with Crippen LogP contribution in [0.2, 0.25) is 0 Å². The van der Waals surface area contributed by atoms with Crippen LogP contribution in [0, 0.1) is 0 Å². The molecule has 0 radical (unpaired) electrons. The first-order chi connectivity index (χ1) is 7.03. The molecule has 0 unspecified atom stereocenters. The van der Waals surface area contributed by atoms with Crippen LogP contribution in [-0.4, -0.2) is 41.0 Å². The van der Waals surface area contributed by atoms with Gasteiger partial charge < -0.3 is 0 Å². The van der Waals surface area contributed by atoms with Gasteiger partial charge in [-0.3, -0.25) is 4.84 Å². The molecule has 1 aromatic rings. The van der Waals surface area contributed by atoms with Gasteiger partial charge in [-0.25, -0.2) is 13.1 Å². The molecular formula is C6H9BrN4O3S. The van der Waals surface area contributed by atoms with Gasteiger partial charge in [-0.15, -0.1) is 5.10 Å². The van der Waals surface area contributed by atoms with Gasteiger partial charge in [-0.2, -0.15) is 0 Å². The second-order valence-corrected chi connectivity index (χ2v) is 5.52. The molecule has 0 bridgehead atoms. The van der Waals surface area contributed by atoms with Gasteiger partial charge in [0, 0.05) is 13.6 Å². The van der Waals surface area contributed by atoms with Crippen LogP contribution in [0.15, 0.2) is 9.63 Å². The number of aryl methyl sites for hydroxylation is 1. The number of nitrogens with zero attached hydrogens (tertiary/aromatic N) is 4. The molecule has 0 saturated carbocycles. The molecule has 0 N–H and O–H groups in total. The third kappa shape index (κ3) is 1.80. The van der Waals surface area contributed by atoms with E-state index in [0.29, 0.717) is 19.6 Å². The molecule has 2 heterocycles. The van der Waals surface area contributed by atoms with E-state index in [2.05, 4.69) is 26.2 Å². The molecule has 15 heavy (non-hydrogen) atoms. The number of hydrogen-bond donors (Lipinski definition) is 0. The highest BCUT2D eigenvalue weighted by atomic mass is 79.9. The van der Waals surface area contributed by atoms with Gasteiger partial charge in [0.1, 0.15) is 0 Å². The summed E-state index contributed by atoms with van der Waals surface area (Å²) < 4.78 is 26.4. The summed E-state index contributed by atoms with van der Waals surface area (Å²) in [5.41, 5.74) is 0. The second kappa shape index (κ2) is 3.81. The largest absolute Gasteiger partial charge is 0.284 e. The quantitative estimate of drug-likeness (QED) is 0.762. The van der Waals surface area contributed by atoms with E-state index in [4.69, 9.17) is 4.84 Å². The van der Waals surface area contributed by atoms with E-state index in [1.54, 1.807) is 0 Å². The molecular weight excluding hydrogens is 288 g/mol. The summed E-state index contributed by atoms with van der Waals surface area (Å²) >= 11 is 3.04. The minimum Gasteiger partial charge on any atom is -0.284 e. The smallest absolute Gasteiger partial charge is 0.284 e. The maximum atomic E-state index is 12.0. The Labute approximate surface area is 95.1 Å². The normalized spacial score (nSPS) is 18.5. The summed E-state index contributed by atoms with van der Waals surface area (Å²) in [5, 5.41) is 7.24. The second-order valence-electron chi connectivity index (χ2n) is 3.03. The predicted molar refractivity (Wildman–Crippen MR) is 53.2 cm³/mol. The van der Waals surface area contributed by atoms with Gasteiger partial charge in [0.25, 0.3) is 10.0 Å². The Kier molecular flexibility index (Phi) is 2.79. The minimum absolute atomic E-state index is 0.00407. The standard InChI is InChI=1S/C6H9BrN4O3S/c1-10-6(5(7)8-9-10)15(12,13)11-3-2-4-14-11/h2-4H2,1H3. The van der Waals surface area contributed by atoms with Gasteiger partial charge in [-0.05, 0) is 22.4 Å².